The summed E-state index contributed by atoms with van der Waals surface area (Å²) in [7, 11) is -2.06. The molecular formula is C19H21N3O4S. The quantitative estimate of drug-likeness (QED) is 0.591. The maximum atomic E-state index is 12.7. The maximum absolute atomic E-state index is 12.7. The molecule has 3 rings (SSSR count). The number of sulfonamides is 1. The van der Waals surface area contributed by atoms with E-state index in [0.29, 0.717) is 30.5 Å². The summed E-state index contributed by atoms with van der Waals surface area (Å²) in [5, 5.41) is 3.93. The third kappa shape index (κ3) is 4.53. The Kier molecular flexibility index (Phi) is 5.88. The molecule has 2 aromatic carbocycles. The third-order valence-corrected chi connectivity index (χ3v) is 5.85. The summed E-state index contributed by atoms with van der Waals surface area (Å²) in [6.07, 6.45) is 0.350. The minimum Gasteiger partial charge on any atom is -0.494 e. The Labute approximate surface area is 158 Å². The molecule has 8 heteroatoms. The van der Waals surface area contributed by atoms with Gasteiger partial charge in [-0.05, 0) is 43.3 Å². The van der Waals surface area contributed by atoms with E-state index in [0.717, 1.165) is 5.56 Å². The fraction of sp³-hybridized carbons (Fsp3) is 0.263. The number of nitrogens with zero attached hydrogens (tertiary/aromatic N) is 3. The highest BCUT2D eigenvalue weighted by Gasteiger charge is 2.21. The lowest BCUT2D eigenvalue weighted by atomic mass is 10.2. The molecule has 0 atom stereocenters. The summed E-state index contributed by atoms with van der Waals surface area (Å²) < 4.78 is 37.2. The molecule has 0 fully saturated rings. The van der Waals surface area contributed by atoms with Crippen LogP contribution in [0.4, 0.5) is 0 Å². The molecule has 0 aliphatic heterocycles. The van der Waals surface area contributed by atoms with Crippen LogP contribution in [0, 0.1) is 0 Å². The standard InChI is InChI=1S/C19H21N3O4S/c1-3-25-16-9-11-17(12-10-16)27(23,24)22(2)14-13-18-20-19(26-21-18)15-7-5-4-6-8-15/h4-12H,3,13-14H2,1-2H3. The van der Waals surface area contributed by atoms with E-state index in [-0.39, 0.29) is 11.4 Å². The van der Waals surface area contributed by atoms with Crippen LogP contribution in [0.1, 0.15) is 12.7 Å². The number of hydrogen-bond acceptors (Lipinski definition) is 6. The predicted octanol–water partition coefficient (Wildman–Crippen LogP) is 3.00. The van der Waals surface area contributed by atoms with E-state index in [2.05, 4.69) is 10.1 Å². The van der Waals surface area contributed by atoms with Crippen molar-refractivity contribution in [3.05, 3.63) is 60.4 Å². The summed E-state index contributed by atoms with van der Waals surface area (Å²) in [6.45, 7) is 2.64. The molecule has 0 spiro atoms. The fourth-order valence-electron chi connectivity index (χ4n) is 2.49. The van der Waals surface area contributed by atoms with Gasteiger partial charge in [0.15, 0.2) is 5.82 Å². The van der Waals surface area contributed by atoms with Crippen LogP contribution in [-0.4, -0.2) is 43.1 Å². The zero-order valence-corrected chi connectivity index (χ0v) is 16.0. The molecule has 0 bridgehead atoms. The van der Waals surface area contributed by atoms with E-state index in [1.165, 1.54) is 11.4 Å². The lowest BCUT2D eigenvalue weighted by molar-refractivity contribution is 0.340. The first-order valence-corrected chi connectivity index (χ1v) is 10.0. The first kappa shape index (κ1) is 19.1. The van der Waals surface area contributed by atoms with Gasteiger partial charge >= 0.3 is 0 Å². The van der Waals surface area contributed by atoms with Gasteiger partial charge in [0.1, 0.15) is 5.75 Å². The zero-order chi connectivity index (χ0) is 19.3. The Hall–Kier alpha value is -2.71. The van der Waals surface area contributed by atoms with E-state index in [1.807, 2.05) is 37.3 Å². The molecule has 0 N–H and O–H groups in total. The highest BCUT2D eigenvalue weighted by atomic mass is 32.2. The van der Waals surface area contributed by atoms with Crippen molar-refractivity contribution in [3.8, 4) is 17.2 Å². The van der Waals surface area contributed by atoms with Crippen LogP contribution in [0.5, 0.6) is 5.75 Å². The number of aromatic nitrogens is 2. The van der Waals surface area contributed by atoms with Crippen LogP contribution in [0.2, 0.25) is 0 Å². The number of rotatable bonds is 8. The Bertz CT molecular complexity index is 970. The molecule has 1 aromatic heterocycles. The molecule has 0 aliphatic rings. The van der Waals surface area contributed by atoms with Gasteiger partial charge in [0, 0.05) is 25.6 Å². The Balaban J connectivity index is 1.64. The molecule has 0 amide bonds. The van der Waals surface area contributed by atoms with Crippen molar-refractivity contribution >= 4 is 10.0 Å². The van der Waals surface area contributed by atoms with Crippen LogP contribution in [-0.2, 0) is 16.4 Å². The average molecular weight is 387 g/mol. The van der Waals surface area contributed by atoms with Gasteiger partial charge in [-0.2, -0.15) is 4.98 Å². The fourth-order valence-corrected chi connectivity index (χ4v) is 3.66. The van der Waals surface area contributed by atoms with Gasteiger partial charge in [-0.3, -0.25) is 0 Å². The molecule has 0 radical (unpaired) electrons. The van der Waals surface area contributed by atoms with Crippen LogP contribution in [0.25, 0.3) is 11.5 Å². The van der Waals surface area contributed by atoms with Crippen molar-refractivity contribution in [2.24, 2.45) is 0 Å². The molecule has 1 heterocycles. The van der Waals surface area contributed by atoms with Crippen LogP contribution in [0.15, 0.2) is 64.0 Å². The summed E-state index contributed by atoms with van der Waals surface area (Å²) in [4.78, 5) is 4.54. The summed E-state index contributed by atoms with van der Waals surface area (Å²) in [6, 6.07) is 15.8. The van der Waals surface area contributed by atoms with Crippen molar-refractivity contribution in [1.29, 1.82) is 0 Å². The largest absolute Gasteiger partial charge is 0.494 e. The molecule has 7 nitrogen and oxygen atoms in total. The highest BCUT2D eigenvalue weighted by molar-refractivity contribution is 7.89. The van der Waals surface area contributed by atoms with E-state index >= 15 is 0 Å². The SMILES string of the molecule is CCOc1ccc(S(=O)(=O)N(C)CCc2noc(-c3ccccc3)n2)cc1. The second-order valence-electron chi connectivity index (χ2n) is 5.86. The molecular weight excluding hydrogens is 366 g/mol. The zero-order valence-electron chi connectivity index (χ0n) is 15.2. The topological polar surface area (TPSA) is 85.5 Å². The van der Waals surface area contributed by atoms with Gasteiger partial charge < -0.3 is 9.26 Å². The third-order valence-electron chi connectivity index (χ3n) is 3.98. The van der Waals surface area contributed by atoms with Gasteiger partial charge in [0.05, 0.1) is 11.5 Å². The number of ether oxygens (including phenoxy) is 1. The minimum absolute atomic E-state index is 0.214. The molecule has 0 saturated carbocycles. The van der Waals surface area contributed by atoms with Crippen LogP contribution >= 0.6 is 0 Å². The normalized spacial score (nSPS) is 11.7. The minimum atomic E-state index is -3.59. The Morgan fingerprint density at radius 3 is 2.44 bits per heavy atom. The Morgan fingerprint density at radius 1 is 1.07 bits per heavy atom. The molecule has 0 aliphatic carbocycles. The molecule has 0 unspecified atom stereocenters. The van der Waals surface area contributed by atoms with Crippen molar-refractivity contribution in [1.82, 2.24) is 14.4 Å². The van der Waals surface area contributed by atoms with Crippen LogP contribution in [0.3, 0.4) is 0 Å². The predicted molar refractivity (Wildman–Crippen MR) is 101 cm³/mol. The second kappa shape index (κ2) is 8.32. The summed E-state index contributed by atoms with van der Waals surface area (Å²) >= 11 is 0. The van der Waals surface area contributed by atoms with Crippen molar-refractivity contribution < 1.29 is 17.7 Å². The number of likely N-dealkylation sites (N-methyl/N-ethyl adjacent to an activating group) is 1. The lowest BCUT2D eigenvalue weighted by Crippen LogP contribution is -2.29. The first-order valence-electron chi connectivity index (χ1n) is 8.58. The van der Waals surface area contributed by atoms with E-state index < -0.39 is 10.0 Å². The number of hydrogen-bond donors (Lipinski definition) is 0. The molecule has 27 heavy (non-hydrogen) atoms. The van der Waals surface area contributed by atoms with E-state index in [4.69, 9.17) is 9.26 Å². The van der Waals surface area contributed by atoms with Gasteiger partial charge in [-0.25, -0.2) is 12.7 Å². The van der Waals surface area contributed by atoms with Gasteiger partial charge in [-0.15, -0.1) is 0 Å². The summed E-state index contributed by atoms with van der Waals surface area (Å²) in [5.41, 5.74) is 0.826. The van der Waals surface area contributed by atoms with Gasteiger partial charge in [0.25, 0.3) is 5.89 Å². The average Bonchev–Trinajstić information content (AvgIpc) is 3.16. The van der Waals surface area contributed by atoms with Crippen molar-refractivity contribution in [3.63, 3.8) is 0 Å². The second-order valence-corrected chi connectivity index (χ2v) is 7.91. The van der Waals surface area contributed by atoms with Gasteiger partial charge in [-0.1, -0.05) is 23.4 Å². The van der Waals surface area contributed by atoms with Crippen molar-refractivity contribution in [2.45, 2.75) is 18.2 Å². The van der Waals surface area contributed by atoms with E-state index in [1.54, 1.807) is 24.3 Å². The molecule has 142 valence electrons. The molecule has 3 aromatic rings. The smallest absolute Gasteiger partial charge is 0.257 e. The first-order chi connectivity index (χ1) is 13.0. The monoisotopic (exact) mass is 387 g/mol. The van der Waals surface area contributed by atoms with Gasteiger partial charge in [0.2, 0.25) is 10.0 Å². The maximum Gasteiger partial charge on any atom is 0.257 e. The van der Waals surface area contributed by atoms with Crippen LogP contribution < -0.4 is 4.74 Å². The number of benzene rings is 2. The lowest BCUT2D eigenvalue weighted by Gasteiger charge is -2.16. The Morgan fingerprint density at radius 2 is 1.78 bits per heavy atom. The van der Waals surface area contributed by atoms with Crippen molar-refractivity contribution in [2.75, 3.05) is 20.2 Å². The highest BCUT2D eigenvalue weighted by Crippen LogP contribution is 2.20. The van der Waals surface area contributed by atoms with E-state index in [9.17, 15) is 8.42 Å². The summed E-state index contributed by atoms with van der Waals surface area (Å²) in [5.74, 6) is 1.52. The molecule has 0 saturated heterocycles.